The van der Waals surface area contributed by atoms with Crippen LogP contribution in [-0.4, -0.2) is 36.4 Å². The van der Waals surface area contributed by atoms with Crippen molar-refractivity contribution in [2.45, 2.75) is 19.9 Å². The summed E-state index contributed by atoms with van der Waals surface area (Å²) in [6.45, 7) is 4.60. The molecule has 1 atom stereocenters. The second kappa shape index (κ2) is 6.83. The van der Waals surface area contributed by atoms with Crippen molar-refractivity contribution in [1.29, 1.82) is 0 Å². The van der Waals surface area contributed by atoms with Crippen molar-refractivity contribution in [2.75, 3.05) is 26.1 Å². The number of hydrogen-bond donors (Lipinski definition) is 1. The Morgan fingerprint density at radius 3 is 2.81 bits per heavy atom. The molecule has 0 aliphatic carbocycles. The molecule has 21 heavy (non-hydrogen) atoms. The minimum atomic E-state index is 0.149. The number of anilines is 1. The minimum absolute atomic E-state index is 0.149. The van der Waals surface area contributed by atoms with Gasteiger partial charge in [-0.1, -0.05) is 11.6 Å². The molecule has 0 saturated heterocycles. The zero-order valence-electron chi connectivity index (χ0n) is 12.7. The molecule has 1 aromatic carbocycles. The lowest BCUT2D eigenvalue weighted by atomic mass is 10.2. The predicted molar refractivity (Wildman–Crippen MR) is 84.8 cm³/mol. The number of hydrogen-bond acceptors (Lipinski definition) is 4. The number of aryl methyl sites for hydroxylation is 1. The highest BCUT2D eigenvalue weighted by atomic mass is 35.5. The van der Waals surface area contributed by atoms with Gasteiger partial charge in [0.05, 0.1) is 19.4 Å². The van der Waals surface area contributed by atoms with Crippen LogP contribution in [0, 0.1) is 6.92 Å². The van der Waals surface area contributed by atoms with E-state index in [1.165, 1.54) is 0 Å². The second-order valence-corrected chi connectivity index (χ2v) is 5.30. The topological polar surface area (TPSA) is 48.3 Å². The summed E-state index contributed by atoms with van der Waals surface area (Å²) in [5.41, 5.74) is 1.88. The largest absolute Gasteiger partial charge is 0.495 e. The summed E-state index contributed by atoms with van der Waals surface area (Å²) in [5, 5.41) is 3.99. The van der Waals surface area contributed by atoms with Crippen molar-refractivity contribution in [1.82, 2.24) is 9.55 Å². The molecule has 0 aliphatic heterocycles. The Balaban J connectivity index is 2.39. The SMILES string of the molecule is COCC(C)Nc1nccn1-c1cc(C)c(Cl)cc1OC. The van der Waals surface area contributed by atoms with Gasteiger partial charge in [-0.15, -0.1) is 0 Å². The van der Waals surface area contributed by atoms with Gasteiger partial charge >= 0.3 is 0 Å². The van der Waals surface area contributed by atoms with Crippen molar-refractivity contribution in [2.24, 2.45) is 0 Å². The monoisotopic (exact) mass is 309 g/mol. The molecule has 0 spiro atoms. The highest BCUT2D eigenvalue weighted by Gasteiger charge is 2.14. The first kappa shape index (κ1) is 15.7. The molecule has 0 saturated carbocycles. The van der Waals surface area contributed by atoms with Crippen LogP contribution < -0.4 is 10.1 Å². The molecular weight excluding hydrogens is 290 g/mol. The Labute approximate surface area is 129 Å². The lowest BCUT2D eigenvalue weighted by molar-refractivity contribution is 0.190. The Kier molecular flexibility index (Phi) is 5.09. The molecule has 0 amide bonds. The highest BCUT2D eigenvalue weighted by molar-refractivity contribution is 6.31. The Morgan fingerprint density at radius 1 is 1.38 bits per heavy atom. The van der Waals surface area contributed by atoms with E-state index in [0.717, 1.165) is 17.2 Å². The first-order valence-corrected chi connectivity index (χ1v) is 7.08. The van der Waals surface area contributed by atoms with E-state index in [1.807, 2.05) is 36.7 Å². The lowest BCUT2D eigenvalue weighted by Gasteiger charge is -2.17. The van der Waals surface area contributed by atoms with Gasteiger partial charge in [0.15, 0.2) is 0 Å². The molecule has 114 valence electrons. The van der Waals surface area contributed by atoms with Crippen LogP contribution in [0.4, 0.5) is 5.95 Å². The second-order valence-electron chi connectivity index (χ2n) is 4.89. The summed E-state index contributed by atoms with van der Waals surface area (Å²) in [5.74, 6) is 1.44. The van der Waals surface area contributed by atoms with E-state index in [0.29, 0.717) is 17.4 Å². The van der Waals surface area contributed by atoms with Gasteiger partial charge in [0.2, 0.25) is 5.95 Å². The number of methoxy groups -OCH3 is 2. The van der Waals surface area contributed by atoms with Crippen LogP contribution in [0.5, 0.6) is 5.75 Å². The van der Waals surface area contributed by atoms with E-state index in [2.05, 4.69) is 10.3 Å². The van der Waals surface area contributed by atoms with E-state index in [-0.39, 0.29) is 6.04 Å². The predicted octanol–water partition coefficient (Wildman–Crippen LogP) is 3.29. The standard InChI is InChI=1S/C15H20ClN3O2/c1-10-7-13(14(21-4)8-12(10)16)19-6-5-17-15(19)18-11(2)9-20-3/h5-8,11H,9H2,1-4H3,(H,17,18). The molecule has 0 aliphatic rings. The summed E-state index contributed by atoms with van der Waals surface area (Å²) in [4.78, 5) is 4.35. The van der Waals surface area contributed by atoms with Crippen LogP contribution >= 0.6 is 11.6 Å². The van der Waals surface area contributed by atoms with Crippen molar-refractivity contribution in [3.05, 3.63) is 35.1 Å². The molecule has 0 radical (unpaired) electrons. The molecule has 1 heterocycles. The van der Waals surface area contributed by atoms with E-state index >= 15 is 0 Å². The average Bonchev–Trinajstić information content (AvgIpc) is 2.89. The molecule has 2 aromatic rings. The van der Waals surface area contributed by atoms with Gasteiger partial charge in [-0.3, -0.25) is 4.57 Å². The molecule has 0 bridgehead atoms. The minimum Gasteiger partial charge on any atom is -0.495 e. The summed E-state index contributed by atoms with van der Waals surface area (Å²) in [7, 11) is 3.30. The van der Waals surface area contributed by atoms with Crippen LogP contribution in [0.25, 0.3) is 5.69 Å². The van der Waals surface area contributed by atoms with Gasteiger partial charge in [-0.2, -0.15) is 0 Å². The Hall–Kier alpha value is -1.72. The fraction of sp³-hybridized carbons (Fsp3) is 0.400. The molecular formula is C15H20ClN3O2. The van der Waals surface area contributed by atoms with Crippen molar-refractivity contribution < 1.29 is 9.47 Å². The third-order valence-electron chi connectivity index (χ3n) is 3.15. The van der Waals surface area contributed by atoms with Crippen molar-refractivity contribution in [3.8, 4) is 11.4 Å². The summed E-state index contributed by atoms with van der Waals surface area (Å²) < 4.78 is 12.5. The van der Waals surface area contributed by atoms with Crippen LogP contribution in [0.2, 0.25) is 5.02 Å². The maximum atomic E-state index is 6.15. The summed E-state index contributed by atoms with van der Waals surface area (Å²) in [6.07, 6.45) is 3.62. The number of nitrogens with zero attached hydrogens (tertiary/aromatic N) is 2. The third-order valence-corrected chi connectivity index (χ3v) is 3.56. The summed E-state index contributed by atoms with van der Waals surface area (Å²) in [6, 6.07) is 3.94. The molecule has 1 unspecified atom stereocenters. The average molecular weight is 310 g/mol. The van der Waals surface area contributed by atoms with E-state index in [4.69, 9.17) is 21.1 Å². The summed E-state index contributed by atoms with van der Waals surface area (Å²) >= 11 is 6.15. The first-order valence-electron chi connectivity index (χ1n) is 6.70. The van der Waals surface area contributed by atoms with Crippen LogP contribution in [0.15, 0.2) is 24.5 Å². The number of benzene rings is 1. The molecule has 1 N–H and O–H groups in total. The lowest BCUT2D eigenvalue weighted by Crippen LogP contribution is -2.23. The number of rotatable bonds is 6. The number of halogens is 1. The van der Waals surface area contributed by atoms with Gasteiger partial charge in [0.25, 0.3) is 0 Å². The van der Waals surface area contributed by atoms with E-state index in [9.17, 15) is 0 Å². The van der Waals surface area contributed by atoms with Crippen molar-refractivity contribution in [3.63, 3.8) is 0 Å². The zero-order valence-corrected chi connectivity index (χ0v) is 13.4. The number of nitrogens with one attached hydrogen (secondary N) is 1. The number of aromatic nitrogens is 2. The fourth-order valence-electron chi connectivity index (χ4n) is 2.12. The number of imidazole rings is 1. The normalized spacial score (nSPS) is 12.2. The molecule has 5 nitrogen and oxygen atoms in total. The molecule has 6 heteroatoms. The third kappa shape index (κ3) is 3.49. The Bertz CT molecular complexity index is 613. The van der Waals surface area contributed by atoms with Gasteiger partial charge in [-0.25, -0.2) is 4.98 Å². The smallest absolute Gasteiger partial charge is 0.207 e. The maximum absolute atomic E-state index is 6.15. The zero-order chi connectivity index (χ0) is 15.4. The molecule has 1 aromatic heterocycles. The van der Waals surface area contributed by atoms with Gasteiger partial charge in [0, 0.05) is 36.6 Å². The molecule has 2 rings (SSSR count). The van der Waals surface area contributed by atoms with Gasteiger partial charge < -0.3 is 14.8 Å². The maximum Gasteiger partial charge on any atom is 0.207 e. The van der Waals surface area contributed by atoms with Gasteiger partial charge in [-0.05, 0) is 25.5 Å². The van der Waals surface area contributed by atoms with Crippen LogP contribution in [-0.2, 0) is 4.74 Å². The van der Waals surface area contributed by atoms with E-state index < -0.39 is 0 Å². The van der Waals surface area contributed by atoms with Crippen molar-refractivity contribution >= 4 is 17.5 Å². The highest BCUT2D eigenvalue weighted by Crippen LogP contribution is 2.31. The van der Waals surface area contributed by atoms with Crippen LogP contribution in [0.3, 0.4) is 0 Å². The number of ether oxygens (including phenoxy) is 2. The quantitative estimate of drug-likeness (QED) is 0.889. The van der Waals surface area contributed by atoms with Crippen LogP contribution in [0.1, 0.15) is 12.5 Å². The molecule has 0 fully saturated rings. The van der Waals surface area contributed by atoms with Gasteiger partial charge in [0.1, 0.15) is 5.75 Å². The van der Waals surface area contributed by atoms with E-state index in [1.54, 1.807) is 20.4 Å². The fourth-order valence-corrected chi connectivity index (χ4v) is 2.27. The Morgan fingerprint density at radius 2 is 2.14 bits per heavy atom. The first-order chi connectivity index (χ1) is 10.1.